The van der Waals surface area contributed by atoms with Crippen LogP contribution in [0.1, 0.15) is 22.8 Å². The van der Waals surface area contributed by atoms with Gasteiger partial charge in [0.2, 0.25) is 0 Å². The zero-order chi connectivity index (χ0) is 18.2. The maximum Gasteiger partial charge on any atom is 0.259 e. The summed E-state index contributed by atoms with van der Waals surface area (Å²) in [4.78, 5) is 16.9. The highest BCUT2D eigenvalue weighted by atomic mass is 35.5. The number of aromatic nitrogens is 1. The lowest BCUT2D eigenvalue weighted by Gasteiger charge is -2.06. The zero-order valence-corrected chi connectivity index (χ0v) is 15.9. The van der Waals surface area contributed by atoms with Crippen molar-refractivity contribution in [3.05, 3.63) is 52.5 Å². The van der Waals surface area contributed by atoms with Crippen LogP contribution in [0.25, 0.3) is 10.2 Å². The number of nitrogens with one attached hydrogen (secondary N) is 1. The topological polar surface area (TPSA) is 76.1 Å². The standard InChI is InChI=1S/C17H15ClN2O3S2/c1-3-10-4-7-14-15(8-10)24-17(19-14)20-16(21)12-9-11(25(2,22)23)5-6-13(12)18/h4-9H,3H2,1-2H3,(H,19,20,21). The van der Waals surface area contributed by atoms with E-state index in [0.29, 0.717) is 5.13 Å². The van der Waals surface area contributed by atoms with Gasteiger partial charge in [-0.15, -0.1) is 0 Å². The van der Waals surface area contributed by atoms with Crippen LogP contribution in [0.3, 0.4) is 0 Å². The molecule has 0 fully saturated rings. The van der Waals surface area contributed by atoms with E-state index in [1.165, 1.54) is 35.1 Å². The lowest BCUT2D eigenvalue weighted by atomic mass is 10.2. The molecule has 0 aliphatic carbocycles. The van der Waals surface area contributed by atoms with Gasteiger partial charge in [-0.1, -0.05) is 35.9 Å². The highest BCUT2D eigenvalue weighted by Crippen LogP contribution is 2.28. The fourth-order valence-corrected chi connectivity index (χ4v) is 4.09. The maximum atomic E-state index is 12.5. The number of fused-ring (bicyclic) bond motifs is 1. The van der Waals surface area contributed by atoms with Crippen LogP contribution in [-0.2, 0) is 16.3 Å². The van der Waals surface area contributed by atoms with E-state index in [0.717, 1.165) is 22.9 Å². The maximum absolute atomic E-state index is 12.5. The molecule has 25 heavy (non-hydrogen) atoms. The third-order valence-corrected chi connectivity index (χ3v) is 6.07. The number of hydrogen-bond acceptors (Lipinski definition) is 5. The molecule has 8 heteroatoms. The molecular formula is C17H15ClN2O3S2. The third kappa shape index (κ3) is 3.84. The molecule has 3 rings (SSSR count). The van der Waals surface area contributed by atoms with Crippen molar-refractivity contribution in [1.82, 2.24) is 4.98 Å². The first-order valence-corrected chi connectivity index (χ1v) is 10.6. The Morgan fingerprint density at radius 3 is 2.68 bits per heavy atom. The van der Waals surface area contributed by atoms with Gasteiger partial charge in [0.1, 0.15) is 0 Å². The minimum atomic E-state index is -3.43. The van der Waals surface area contributed by atoms with E-state index in [1.807, 2.05) is 18.2 Å². The molecule has 2 aromatic carbocycles. The minimum Gasteiger partial charge on any atom is -0.298 e. The second-order valence-corrected chi connectivity index (χ2v) is 9.00. The second kappa shape index (κ2) is 6.74. The van der Waals surface area contributed by atoms with Crippen molar-refractivity contribution in [2.24, 2.45) is 0 Å². The summed E-state index contributed by atoms with van der Waals surface area (Å²) in [6.07, 6.45) is 2.00. The first-order chi connectivity index (χ1) is 11.8. The van der Waals surface area contributed by atoms with Gasteiger partial charge in [0.25, 0.3) is 5.91 Å². The highest BCUT2D eigenvalue weighted by molar-refractivity contribution is 7.90. The van der Waals surface area contributed by atoms with Gasteiger partial charge >= 0.3 is 0 Å². The molecular weight excluding hydrogens is 380 g/mol. The van der Waals surface area contributed by atoms with E-state index < -0.39 is 15.7 Å². The number of halogens is 1. The van der Waals surface area contributed by atoms with Gasteiger partial charge in [0, 0.05) is 6.26 Å². The Morgan fingerprint density at radius 1 is 1.24 bits per heavy atom. The molecule has 1 heterocycles. The number of carbonyl (C=O) groups is 1. The minimum absolute atomic E-state index is 0.0407. The summed E-state index contributed by atoms with van der Waals surface area (Å²) in [7, 11) is -3.43. The van der Waals surface area contributed by atoms with E-state index in [2.05, 4.69) is 17.2 Å². The molecule has 1 amide bonds. The molecule has 3 aromatic rings. The molecule has 0 spiro atoms. The van der Waals surface area contributed by atoms with E-state index in [4.69, 9.17) is 11.6 Å². The lowest BCUT2D eigenvalue weighted by Crippen LogP contribution is -2.13. The monoisotopic (exact) mass is 394 g/mol. The van der Waals surface area contributed by atoms with Crippen molar-refractivity contribution in [2.45, 2.75) is 18.2 Å². The van der Waals surface area contributed by atoms with Gasteiger partial charge in [-0.05, 0) is 42.3 Å². The van der Waals surface area contributed by atoms with Crippen LogP contribution in [0.5, 0.6) is 0 Å². The smallest absolute Gasteiger partial charge is 0.259 e. The Balaban J connectivity index is 1.92. The van der Waals surface area contributed by atoms with Crippen molar-refractivity contribution in [1.29, 1.82) is 0 Å². The zero-order valence-electron chi connectivity index (χ0n) is 13.5. The summed E-state index contributed by atoms with van der Waals surface area (Å²) >= 11 is 7.41. The number of sulfone groups is 1. The summed E-state index contributed by atoms with van der Waals surface area (Å²) in [5.41, 5.74) is 2.09. The Morgan fingerprint density at radius 2 is 2.00 bits per heavy atom. The number of thiazole rings is 1. The fraction of sp³-hybridized carbons (Fsp3) is 0.176. The lowest BCUT2D eigenvalue weighted by molar-refractivity contribution is 0.102. The van der Waals surface area contributed by atoms with Crippen LogP contribution in [-0.4, -0.2) is 25.6 Å². The summed E-state index contributed by atoms with van der Waals surface area (Å²) in [5, 5.41) is 3.31. The molecule has 1 N–H and O–H groups in total. The SMILES string of the molecule is CCc1ccc2nc(NC(=O)c3cc(S(C)(=O)=O)ccc3Cl)sc2c1. The molecule has 130 valence electrons. The number of anilines is 1. The fourth-order valence-electron chi connectivity index (χ4n) is 2.32. The molecule has 0 saturated carbocycles. The summed E-state index contributed by atoms with van der Waals surface area (Å²) < 4.78 is 24.3. The largest absolute Gasteiger partial charge is 0.298 e. The number of rotatable bonds is 4. The molecule has 0 aliphatic heterocycles. The van der Waals surface area contributed by atoms with Gasteiger partial charge in [-0.2, -0.15) is 0 Å². The van der Waals surface area contributed by atoms with Crippen molar-refractivity contribution in [3.63, 3.8) is 0 Å². The predicted molar refractivity (Wildman–Crippen MR) is 102 cm³/mol. The highest BCUT2D eigenvalue weighted by Gasteiger charge is 2.17. The average molecular weight is 395 g/mol. The number of aryl methyl sites for hydroxylation is 1. The Hall–Kier alpha value is -1.96. The van der Waals surface area contributed by atoms with E-state index in [-0.39, 0.29) is 15.5 Å². The Labute approximate surface area is 154 Å². The molecule has 0 aliphatic rings. The first kappa shape index (κ1) is 17.8. The van der Waals surface area contributed by atoms with Crippen LogP contribution in [0.2, 0.25) is 5.02 Å². The van der Waals surface area contributed by atoms with Gasteiger partial charge < -0.3 is 0 Å². The first-order valence-electron chi connectivity index (χ1n) is 7.48. The number of hydrogen-bond donors (Lipinski definition) is 1. The van der Waals surface area contributed by atoms with E-state index in [1.54, 1.807) is 0 Å². The molecule has 0 unspecified atom stereocenters. The molecule has 0 atom stereocenters. The van der Waals surface area contributed by atoms with Crippen LogP contribution < -0.4 is 5.32 Å². The van der Waals surface area contributed by atoms with Crippen LogP contribution in [0, 0.1) is 0 Å². The van der Waals surface area contributed by atoms with Gasteiger partial charge in [0.05, 0.1) is 25.7 Å². The molecule has 0 bridgehead atoms. The van der Waals surface area contributed by atoms with Gasteiger partial charge in [-0.25, -0.2) is 13.4 Å². The number of benzene rings is 2. The van der Waals surface area contributed by atoms with Crippen molar-refractivity contribution >= 4 is 54.0 Å². The van der Waals surface area contributed by atoms with Crippen molar-refractivity contribution in [3.8, 4) is 0 Å². The van der Waals surface area contributed by atoms with Crippen molar-refractivity contribution < 1.29 is 13.2 Å². The van der Waals surface area contributed by atoms with Crippen molar-refractivity contribution in [2.75, 3.05) is 11.6 Å². The molecule has 0 saturated heterocycles. The summed E-state index contributed by atoms with van der Waals surface area (Å²) in [6.45, 7) is 2.07. The quantitative estimate of drug-likeness (QED) is 0.720. The van der Waals surface area contributed by atoms with Crippen LogP contribution >= 0.6 is 22.9 Å². The molecule has 0 radical (unpaired) electrons. The van der Waals surface area contributed by atoms with Gasteiger partial charge in [0.15, 0.2) is 15.0 Å². The number of carbonyl (C=O) groups excluding carboxylic acids is 1. The molecule has 5 nitrogen and oxygen atoms in total. The third-order valence-electron chi connectivity index (χ3n) is 3.69. The second-order valence-electron chi connectivity index (χ2n) is 5.54. The average Bonchev–Trinajstić information content (AvgIpc) is 2.95. The summed E-state index contributed by atoms with van der Waals surface area (Å²) in [5.74, 6) is -0.495. The number of nitrogens with zero attached hydrogens (tertiary/aromatic N) is 1. The van der Waals surface area contributed by atoms with E-state index in [9.17, 15) is 13.2 Å². The Bertz CT molecular complexity index is 1070. The van der Waals surface area contributed by atoms with E-state index >= 15 is 0 Å². The van der Waals surface area contributed by atoms with Crippen LogP contribution in [0.15, 0.2) is 41.3 Å². The summed E-state index contributed by atoms with van der Waals surface area (Å²) in [6, 6.07) is 10.0. The van der Waals surface area contributed by atoms with Gasteiger partial charge in [-0.3, -0.25) is 10.1 Å². The number of amides is 1. The predicted octanol–water partition coefficient (Wildman–Crippen LogP) is 4.17. The Kier molecular flexibility index (Phi) is 4.81. The van der Waals surface area contributed by atoms with Crippen LogP contribution in [0.4, 0.5) is 5.13 Å². The normalized spacial score (nSPS) is 11.6. The molecule has 1 aromatic heterocycles.